The van der Waals surface area contributed by atoms with Crippen LogP contribution >= 0.6 is 0 Å². The Kier molecular flexibility index (Phi) is 6.31. The first-order valence-corrected chi connectivity index (χ1v) is 13.3. The number of nitrogens with zero attached hydrogens (tertiary/aromatic N) is 1. The number of ether oxygens (including phenoxy) is 1. The summed E-state index contributed by atoms with van der Waals surface area (Å²) in [5.41, 5.74) is 2.46. The molecule has 0 aromatic heterocycles. The van der Waals surface area contributed by atoms with E-state index < -0.39 is 15.6 Å². The molecule has 2 aromatic carbocycles. The fraction of sp³-hybridized carbons (Fsp3) is 0.500. The predicted octanol–water partition coefficient (Wildman–Crippen LogP) is 4.60. The first kappa shape index (κ1) is 23.8. The van der Waals surface area contributed by atoms with E-state index in [1.807, 2.05) is 51.1 Å². The third-order valence-corrected chi connectivity index (χ3v) is 7.99. The molecule has 6 nitrogen and oxygen atoms in total. The maximum absolute atomic E-state index is 13.2. The number of hydrogen-bond donors (Lipinski definition) is 1. The number of sulfonamides is 1. The molecular weight excluding hydrogens is 436 g/mol. The van der Waals surface area contributed by atoms with Crippen LogP contribution in [0.25, 0.3) is 11.1 Å². The van der Waals surface area contributed by atoms with E-state index in [9.17, 15) is 13.2 Å². The van der Waals surface area contributed by atoms with Crippen LogP contribution in [-0.2, 0) is 21.2 Å². The van der Waals surface area contributed by atoms with Gasteiger partial charge in [0.05, 0.1) is 11.8 Å². The van der Waals surface area contributed by atoms with Crippen molar-refractivity contribution >= 4 is 16.1 Å². The molecule has 1 aliphatic carbocycles. The average molecular weight is 471 g/mol. The number of benzene rings is 2. The second-order valence-electron chi connectivity index (χ2n) is 10.3. The maximum atomic E-state index is 13.2. The number of nitrogens with one attached hydrogen (secondary N) is 1. The molecule has 0 radical (unpaired) electrons. The molecule has 7 heteroatoms. The first-order valence-electron chi connectivity index (χ1n) is 11.7. The van der Waals surface area contributed by atoms with Gasteiger partial charge in [0.1, 0.15) is 5.60 Å². The molecule has 1 spiro atoms. The van der Waals surface area contributed by atoms with Crippen LogP contribution in [0.15, 0.2) is 54.6 Å². The van der Waals surface area contributed by atoms with Crippen LogP contribution in [0.3, 0.4) is 0 Å². The lowest BCUT2D eigenvalue weighted by atomic mass is 9.92. The monoisotopic (exact) mass is 470 g/mol. The van der Waals surface area contributed by atoms with E-state index in [1.165, 1.54) is 0 Å². The smallest absolute Gasteiger partial charge is 0.410 e. The molecule has 2 unspecified atom stereocenters. The van der Waals surface area contributed by atoms with Gasteiger partial charge in [-0.05, 0) is 63.6 Å². The van der Waals surface area contributed by atoms with Crippen molar-refractivity contribution in [2.45, 2.75) is 64.6 Å². The molecule has 1 saturated heterocycles. The van der Waals surface area contributed by atoms with Crippen molar-refractivity contribution in [2.24, 2.45) is 5.41 Å². The third-order valence-electron chi connectivity index (χ3n) is 6.62. The Balaban J connectivity index is 1.67. The van der Waals surface area contributed by atoms with E-state index in [-0.39, 0.29) is 29.3 Å². The number of carbonyl (C=O) groups excluding carboxylic acids is 1. The molecule has 4 rings (SSSR count). The zero-order valence-electron chi connectivity index (χ0n) is 19.9. The molecule has 2 aromatic rings. The van der Waals surface area contributed by atoms with Crippen LogP contribution in [0.5, 0.6) is 0 Å². The summed E-state index contributed by atoms with van der Waals surface area (Å²) >= 11 is 0. The maximum Gasteiger partial charge on any atom is 0.410 e. The molecule has 1 amide bonds. The summed E-state index contributed by atoms with van der Waals surface area (Å²) in [7, 11) is -3.42. The van der Waals surface area contributed by atoms with Gasteiger partial charge in [-0.2, -0.15) is 0 Å². The number of hydrogen-bond acceptors (Lipinski definition) is 4. The highest BCUT2D eigenvalue weighted by molar-refractivity contribution is 7.89. The van der Waals surface area contributed by atoms with E-state index in [1.54, 1.807) is 11.8 Å². The fourth-order valence-corrected chi connectivity index (χ4v) is 5.71. The van der Waals surface area contributed by atoms with Gasteiger partial charge < -0.3 is 9.64 Å². The summed E-state index contributed by atoms with van der Waals surface area (Å²) in [5, 5.41) is 0. The summed E-state index contributed by atoms with van der Waals surface area (Å²) in [6.07, 6.45) is 1.99. The van der Waals surface area contributed by atoms with Crippen LogP contribution in [0, 0.1) is 5.41 Å². The van der Waals surface area contributed by atoms with Gasteiger partial charge in [-0.3, -0.25) is 0 Å². The van der Waals surface area contributed by atoms with Crippen LogP contribution in [0.4, 0.5) is 4.79 Å². The topological polar surface area (TPSA) is 75.7 Å². The molecule has 2 fully saturated rings. The number of rotatable bonds is 6. The van der Waals surface area contributed by atoms with Crippen molar-refractivity contribution in [1.29, 1.82) is 0 Å². The summed E-state index contributed by atoms with van der Waals surface area (Å²) in [5.74, 6) is 0.0161. The Morgan fingerprint density at radius 2 is 1.76 bits per heavy atom. The second-order valence-corrected chi connectivity index (χ2v) is 12.3. The molecule has 33 heavy (non-hydrogen) atoms. The highest BCUT2D eigenvalue weighted by Crippen LogP contribution is 2.55. The molecule has 1 aliphatic heterocycles. The van der Waals surface area contributed by atoms with E-state index in [2.05, 4.69) is 29.0 Å². The minimum absolute atomic E-state index is 0.0161. The molecule has 1 saturated carbocycles. The zero-order chi connectivity index (χ0) is 23.9. The van der Waals surface area contributed by atoms with Gasteiger partial charge >= 0.3 is 6.09 Å². The lowest BCUT2D eigenvalue weighted by molar-refractivity contribution is 0.0214. The van der Waals surface area contributed by atoms with Crippen molar-refractivity contribution < 1.29 is 17.9 Å². The van der Waals surface area contributed by atoms with Gasteiger partial charge in [0, 0.05) is 18.0 Å². The normalized spacial score (nSPS) is 21.9. The van der Waals surface area contributed by atoms with Gasteiger partial charge in [-0.15, -0.1) is 0 Å². The Hall–Kier alpha value is -2.38. The van der Waals surface area contributed by atoms with Gasteiger partial charge in [0.2, 0.25) is 10.0 Å². The Morgan fingerprint density at radius 1 is 1.09 bits per heavy atom. The van der Waals surface area contributed by atoms with Gasteiger partial charge in [0.15, 0.2) is 0 Å². The standard InChI is InChI=1S/C26H34N2O4S/c1-5-33(30,31)27-23-22(28(18-26(23)14-15-26)24(29)32-25(2,3)4)17-19-10-9-13-21(16-19)20-11-7-6-8-12-20/h6-13,16,22-23,27H,5,14-15,17-18H2,1-4H3. The quantitative estimate of drug-likeness (QED) is 0.669. The van der Waals surface area contributed by atoms with E-state index in [0.29, 0.717) is 13.0 Å². The van der Waals surface area contributed by atoms with Crippen molar-refractivity contribution in [3.63, 3.8) is 0 Å². The lowest BCUT2D eigenvalue weighted by Gasteiger charge is -2.31. The van der Waals surface area contributed by atoms with Crippen molar-refractivity contribution in [3.8, 4) is 11.1 Å². The van der Waals surface area contributed by atoms with Crippen LogP contribution in [-0.4, -0.2) is 49.4 Å². The molecule has 2 atom stereocenters. The van der Waals surface area contributed by atoms with E-state index in [0.717, 1.165) is 29.5 Å². The van der Waals surface area contributed by atoms with E-state index in [4.69, 9.17) is 4.74 Å². The number of likely N-dealkylation sites (tertiary alicyclic amines) is 1. The minimum Gasteiger partial charge on any atom is -0.444 e. The van der Waals surface area contributed by atoms with E-state index >= 15 is 0 Å². The molecule has 2 aliphatic rings. The third kappa shape index (κ3) is 5.41. The second kappa shape index (κ2) is 8.76. The summed E-state index contributed by atoms with van der Waals surface area (Å²) in [6.45, 7) is 7.71. The fourth-order valence-electron chi connectivity index (χ4n) is 4.75. The number of amides is 1. The van der Waals surface area contributed by atoms with Crippen LogP contribution < -0.4 is 4.72 Å². The van der Waals surface area contributed by atoms with Gasteiger partial charge in [0.25, 0.3) is 0 Å². The largest absolute Gasteiger partial charge is 0.444 e. The van der Waals surface area contributed by atoms with Crippen molar-refractivity contribution in [1.82, 2.24) is 9.62 Å². The lowest BCUT2D eigenvalue weighted by Crippen LogP contribution is -2.50. The van der Waals surface area contributed by atoms with Crippen LogP contribution in [0.2, 0.25) is 0 Å². The predicted molar refractivity (Wildman–Crippen MR) is 130 cm³/mol. The summed E-state index contributed by atoms with van der Waals surface area (Å²) < 4.78 is 33.8. The van der Waals surface area contributed by atoms with Crippen LogP contribution in [0.1, 0.15) is 46.1 Å². The highest BCUT2D eigenvalue weighted by atomic mass is 32.2. The first-order chi connectivity index (χ1) is 15.5. The summed E-state index contributed by atoms with van der Waals surface area (Å²) in [6, 6.07) is 17.8. The molecule has 178 valence electrons. The molecule has 1 heterocycles. The van der Waals surface area contributed by atoms with Gasteiger partial charge in [-0.25, -0.2) is 17.9 Å². The molecule has 0 bridgehead atoms. The SMILES string of the molecule is CCS(=O)(=O)NC1C(Cc2cccc(-c3ccccc3)c2)N(C(=O)OC(C)(C)C)CC12CC2. The minimum atomic E-state index is -3.42. The Bertz CT molecular complexity index is 1100. The van der Waals surface area contributed by atoms with Crippen molar-refractivity contribution in [2.75, 3.05) is 12.3 Å². The Morgan fingerprint density at radius 3 is 2.36 bits per heavy atom. The number of carbonyl (C=O) groups is 1. The molecule has 1 N–H and O–H groups in total. The Labute approximate surface area is 197 Å². The summed E-state index contributed by atoms with van der Waals surface area (Å²) in [4.78, 5) is 14.9. The zero-order valence-corrected chi connectivity index (χ0v) is 20.7. The average Bonchev–Trinajstić information content (AvgIpc) is 3.49. The van der Waals surface area contributed by atoms with Crippen molar-refractivity contribution in [3.05, 3.63) is 60.2 Å². The van der Waals surface area contributed by atoms with Gasteiger partial charge in [-0.1, -0.05) is 54.6 Å². The molecular formula is C26H34N2O4S. The highest BCUT2D eigenvalue weighted by Gasteiger charge is 2.61.